The fourth-order valence-electron chi connectivity index (χ4n) is 2.83. The first-order valence-corrected chi connectivity index (χ1v) is 8.19. The molecule has 0 spiro atoms. The van der Waals surface area contributed by atoms with Crippen LogP contribution in [0.3, 0.4) is 0 Å². The molecule has 1 fully saturated rings. The quantitative estimate of drug-likeness (QED) is 0.740. The van der Waals surface area contributed by atoms with Gasteiger partial charge in [0, 0.05) is 48.7 Å². The van der Waals surface area contributed by atoms with Gasteiger partial charge in [-0.15, -0.1) is 12.4 Å². The molecule has 0 saturated carbocycles. The van der Waals surface area contributed by atoms with Crippen molar-refractivity contribution < 1.29 is 23.0 Å². The van der Waals surface area contributed by atoms with Crippen molar-refractivity contribution in [3.8, 4) is 11.5 Å². The Balaban J connectivity index is 0.00000288. The molecule has 2 rings (SSSR count). The first kappa shape index (κ1) is 21.3. The van der Waals surface area contributed by atoms with E-state index >= 15 is 0 Å². The van der Waals surface area contributed by atoms with Gasteiger partial charge < -0.3 is 15.2 Å². The van der Waals surface area contributed by atoms with Gasteiger partial charge in [-0.25, -0.2) is 0 Å². The predicted octanol–water partition coefficient (Wildman–Crippen LogP) is 3.87. The van der Waals surface area contributed by atoms with Crippen molar-refractivity contribution in [1.82, 2.24) is 10.2 Å². The van der Waals surface area contributed by atoms with Gasteiger partial charge in [-0.05, 0) is 18.6 Å². The Kier molecular flexibility index (Phi) is 8.11. The molecular weight excluding hydrogens is 413 g/mol. The molecule has 1 saturated heterocycles. The molecule has 0 amide bonds. The van der Waals surface area contributed by atoms with Crippen LogP contribution in [0.5, 0.6) is 11.5 Å². The zero-order chi connectivity index (χ0) is 17.0. The highest BCUT2D eigenvalue weighted by Crippen LogP contribution is 2.41. The third kappa shape index (κ3) is 5.68. The molecule has 0 radical (unpaired) electrons. The van der Waals surface area contributed by atoms with Gasteiger partial charge in [-0.1, -0.05) is 15.9 Å². The van der Waals surface area contributed by atoms with Crippen LogP contribution >= 0.6 is 28.3 Å². The molecule has 138 valence electrons. The Labute approximate surface area is 153 Å². The number of nitrogens with zero attached hydrogens (tertiary/aromatic N) is 1. The lowest BCUT2D eigenvalue weighted by molar-refractivity contribution is -0.138. The minimum Gasteiger partial charge on any atom is -0.504 e. The lowest BCUT2D eigenvalue weighted by atomic mass is 9.98. The average molecular weight is 434 g/mol. The Hall–Kier alpha value is -0.700. The third-order valence-electron chi connectivity index (χ3n) is 3.94. The second kappa shape index (κ2) is 9.12. The molecule has 2 N–H and O–H groups in total. The van der Waals surface area contributed by atoms with E-state index < -0.39 is 18.6 Å². The maximum absolute atomic E-state index is 12.7. The zero-order valence-electron chi connectivity index (χ0n) is 13.2. The molecule has 1 aromatic rings. The van der Waals surface area contributed by atoms with Crippen LogP contribution in [-0.4, -0.2) is 49.5 Å². The van der Waals surface area contributed by atoms with Crippen LogP contribution in [0, 0.1) is 0 Å². The number of rotatable bonds is 5. The number of phenolic OH excluding ortho intramolecular Hbond substituents is 1. The highest BCUT2D eigenvalue weighted by atomic mass is 79.9. The summed E-state index contributed by atoms with van der Waals surface area (Å²) in [5.74, 6) is 0.155. The fraction of sp³-hybridized carbons (Fsp3) is 0.600. The molecule has 24 heavy (non-hydrogen) atoms. The lowest BCUT2D eigenvalue weighted by Gasteiger charge is -2.36. The molecule has 0 bridgehead atoms. The molecular formula is C15H21BrClF3N2O2. The molecule has 1 heterocycles. The number of ether oxygens (including phenoxy) is 1. The van der Waals surface area contributed by atoms with E-state index in [0.717, 1.165) is 0 Å². The topological polar surface area (TPSA) is 44.7 Å². The summed E-state index contributed by atoms with van der Waals surface area (Å²) in [5, 5.41) is 13.6. The number of nitrogens with one attached hydrogen (secondary N) is 1. The molecule has 1 atom stereocenters. The molecule has 1 aliphatic rings. The molecule has 1 aromatic carbocycles. The maximum Gasteiger partial charge on any atom is 0.389 e. The molecule has 0 aromatic heterocycles. The van der Waals surface area contributed by atoms with Crippen molar-refractivity contribution in [2.75, 3.05) is 33.3 Å². The molecule has 1 aliphatic heterocycles. The Morgan fingerprint density at radius 3 is 2.50 bits per heavy atom. The number of halogens is 5. The monoisotopic (exact) mass is 432 g/mol. The molecule has 0 aliphatic carbocycles. The Morgan fingerprint density at radius 1 is 1.33 bits per heavy atom. The van der Waals surface area contributed by atoms with E-state index in [1.807, 2.05) is 4.90 Å². The minimum absolute atomic E-state index is 0. The molecule has 0 unspecified atom stereocenters. The average Bonchev–Trinajstić information content (AvgIpc) is 2.50. The molecule has 9 heteroatoms. The maximum atomic E-state index is 12.7. The van der Waals surface area contributed by atoms with Gasteiger partial charge in [-0.3, -0.25) is 4.90 Å². The second-order valence-electron chi connectivity index (χ2n) is 5.50. The van der Waals surface area contributed by atoms with Crippen molar-refractivity contribution >= 4 is 28.3 Å². The van der Waals surface area contributed by atoms with E-state index in [1.54, 1.807) is 12.1 Å². The highest BCUT2D eigenvalue weighted by Gasteiger charge is 2.33. The highest BCUT2D eigenvalue weighted by molar-refractivity contribution is 9.10. The summed E-state index contributed by atoms with van der Waals surface area (Å²) < 4.78 is 43.9. The standard InChI is InChI=1S/C15H20BrF3N2O2.ClH/c1-23-13-9-10(16)8-11(14(13)22)12(2-3-15(17,18)19)21-6-4-20-5-7-21;/h8-9,12,20,22H,2-7H2,1H3;1H/t12-;/m0./s1. The van der Waals surface area contributed by atoms with Crippen LogP contribution in [0.1, 0.15) is 24.4 Å². The summed E-state index contributed by atoms with van der Waals surface area (Å²) in [6.07, 6.45) is -5.22. The minimum atomic E-state index is -4.22. The SMILES string of the molecule is COc1cc(Br)cc([C@H](CCC(F)(F)F)N2CCNCC2)c1O.Cl. The number of hydrogen-bond donors (Lipinski definition) is 2. The first-order chi connectivity index (χ1) is 10.8. The summed E-state index contributed by atoms with van der Waals surface area (Å²) in [7, 11) is 1.42. The number of phenols is 1. The van der Waals surface area contributed by atoms with E-state index in [0.29, 0.717) is 36.2 Å². The van der Waals surface area contributed by atoms with Gasteiger partial charge in [0.25, 0.3) is 0 Å². The summed E-state index contributed by atoms with van der Waals surface area (Å²) in [6.45, 7) is 2.70. The van der Waals surface area contributed by atoms with Crippen molar-refractivity contribution in [2.45, 2.75) is 25.1 Å². The Bertz CT molecular complexity index is 540. The largest absolute Gasteiger partial charge is 0.504 e. The zero-order valence-corrected chi connectivity index (χ0v) is 15.6. The second-order valence-corrected chi connectivity index (χ2v) is 6.42. The van der Waals surface area contributed by atoms with E-state index in [4.69, 9.17) is 4.74 Å². The summed E-state index contributed by atoms with van der Waals surface area (Å²) in [5.41, 5.74) is 0.461. The van der Waals surface area contributed by atoms with Gasteiger partial charge in [-0.2, -0.15) is 13.2 Å². The number of methoxy groups -OCH3 is 1. The smallest absolute Gasteiger partial charge is 0.389 e. The summed E-state index contributed by atoms with van der Waals surface area (Å²) in [6, 6.07) is 2.75. The lowest BCUT2D eigenvalue weighted by Crippen LogP contribution is -2.45. The van der Waals surface area contributed by atoms with E-state index in [2.05, 4.69) is 21.2 Å². The van der Waals surface area contributed by atoms with Crippen LogP contribution in [0.4, 0.5) is 13.2 Å². The summed E-state index contributed by atoms with van der Waals surface area (Å²) >= 11 is 3.33. The third-order valence-corrected chi connectivity index (χ3v) is 4.40. The van der Waals surface area contributed by atoms with Gasteiger partial charge in [0.05, 0.1) is 7.11 Å². The summed E-state index contributed by atoms with van der Waals surface area (Å²) in [4.78, 5) is 1.98. The van der Waals surface area contributed by atoms with E-state index in [1.165, 1.54) is 7.11 Å². The van der Waals surface area contributed by atoms with Crippen molar-refractivity contribution in [1.29, 1.82) is 0 Å². The van der Waals surface area contributed by atoms with E-state index in [-0.39, 0.29) is 30.3 Å². The van der Waals surface area contributed by atoms with Crippen molar-refractivity contribution in [2.24, 2.45) is 0 Å². The number of alkyl halides is 3. The Morgan fingerprint density at radius 2 is 1.96 bits per heavy atom. The van der Waals surface area contributed by atoms with E-state index in [9.17, 15) is 18.3 Å². The van der Waals surface area contributed by atoms with Gasteiger partial charge in [0.2, 0.25) is 0 Å². The van der Waals surface area contributed by atoms with Gasteiger partial charge in [0.1, 0.15) is 0 Å². The predicted molar refractivity (Wildman–Crippen MR) is 92.1 cm³/mol. The number of benzene rings is 1. The van der Waals surface area contributed by atoms with Crippen molar-refractivity contribution in [3.63, 3.8) is 0 Å². The first-order valence-electron chi connectivity index (χ1n) is 7.39. The number of piperazine rings is 1. The fourth-order valence-corrected chi connectivity index (χ4v) is 3.29. The number of aromatic hydroxyl groups is 1. The van der Waals surface area contributed by atoms with Crippen LogP contribution in [0.2, 0.25) is 0 Å². The van der Waals surface area contributed by atoms with Crippen LogP contribution < -0.4 is 10.1 Å². The van der Waals surface area contributed by atoms with Gasteiger partial charge >= 0.3 is 6.18 Å². The molecule has 4 nitrogen and oxygen atoms in total. The van der Waals surface area contributed by atoms with Crippen molar-refractivity contribution in [3.05, 3.63) is 22.2 Å². The normalized spacial score (nSPS) is 17.2. The van der Waals surface area contributed by atoms with Crippen LogP contribution in [0.15, 0.2) is 16.6 Å². The van der Waals surface area contributed by atoms with Crippen LogP contribution in [-0.2, 0) is 0 Å². The van der Waals surface area contributed by atoms with Gasteiger partial charge in [0.15, 0.2) is 11.5 Å². The van der Waals surface area contributed by atoms with Crippen LogP contribution in [0.25, 0.3) is 0 Å². The number of hydrogen-bond acceptors (Lipinski definition) is 4.